The maximum absolute atomic E-state index is 12.4. The monoisotopic (exact) mass is 398 g/mol. The Morgan fingerprint density at radius 1 is 1.03 bits per heavy atom. The minimum atomic E-state index is -0.532. The van der Waals surface area contributed by atoms with Gasteiger partial charge >= 0.3 is 5.97 Å². The summed E-state index contributed by atoms with van der Waals surface area (Å²) in [5.41, 5.74) is 1.07. The third-order valence-electron chi connectivity index (χ3n) is 3.90. The van der Waals surface area contributed by atoms with Gasteiger partial charge in [-0.25, -0.2) is 4.79 Å². The van der Waals surface area contributed by atoms with Gasteiger partial charge in [0.25, 0.3) is 5.89 Å². The van der Waals surface area contributed by atoms with E-state index in [0.717, 1.165) is 5.56 Å². The Morgan fingerprint density at radius 3 is 2.59 bits per heavy atom. The lowest BCUT2D eigenvalue weighted by Gasteiger charge is -2.11. The van der Waals surface area contributed by atoms with Crippen LogP contribution in [0.5, 0.6) is 17.2 Å². The number of carbonyl (C=O) groups excluding carboxylic acids is 1. The van der Waals surface area contributed by atoms with Gasteiger partial charge in [0.1, 0.15) is 5.75 Å². The van der Waals surface area contributed by atoms with E-state index in [1.165, 1.54) is 0 Å². The van der Waals surface area contributed by atoms with Gasteiger partial charge in [-0.1, -0.05) is 17.3 Å². The molecule has 0 aliphatic carbocycles. The van der Waals surface area contributed by atoms with Crippen LogP contribution in [0.15, 0.2) is 47.0 Å². The maximum atomic E-state index is 12.4. The highest BCUT2D eigenvalue weighted by Gasteiger charge is 2.15. The number of hydrogen-bond acceptors (Lipinski definition) is 8. The van der Waals surface area contributed by atoms with Crippen molar-refractivity contribution in [1.82, 2.24) is 10.1 Å². The van der Waals surface area contributed by atoms with Crippen LogP contribution in [0.25, 0.3) is 11.4 Å². The molecule has 8 heteroatoms. The summed E-state index contributed by atoms with van der Waals surface area (Å²) in [6.07, 6.45) is 0. The van der Waals surface area contributed by atoms with Crippen LogP contribution in [0.1, 0.15) is 30.1 Å². The van der Waals surface area contributed by atoms with E-state index in [1.54, 1.807) is 31.4 Å². The fourth-order valence-corrected chi connectivity index (χ4v) is 2.58. The molecule has 0 atom stereocenters. The van der Waals surface area contributed by atoms with E-state index in [-0.39, 0.29) is 12.5 Å². The lowest BCUT2D eigenvalue weighted by molar-refractivity contribution is 0.0429. The number of esters is 1. The number of hydrogen-bond donors (Lipinski definition) is 0. The van der Waals surface area contributed by atoms with Gasteiger partial charge in [0.2, 0.25) is 5.82 Å². The molecule has 1 heterocycles. The quantitative estimate of drug-likeness (QED) is 0.501. The van der Waals surface area contributed by atoms with Crippen LogP contribution in [0, 0.1) is 0 Å². The van der Waals surface area contributed by atoms with Gasteiger partial charge in [-0.15, -0.1) is 0 Å². The molecule has 0 bridgehead atoms. The number of rotatable bonds is 9. The Labute approximate surface area is 168 Å². The summed E-state index contributed by atoms with van der Waals surface area (Å²) in [5, 5.41) is 3.91. The van der Waals surface area contributed by atoms with Gasteiger partial charge in [-0.3, -0.25) is 0 Å². The number of carbonyl (C=O) groups is 1. The zero-order chi connectivity index (χ0) is 20.6. The second-order valence-corrected chi connectivity index (χ2v) is 5.85. The van der Waals surface area contributed by atoms with E-state index in [4.69, 9.17) is 23.5 Å². The highest BCUT2D eigenvalue weighted by molar-refractivity contribution is 5.90. The van der Waals surface area contributed by atoms with Crippen LogP contribution in [0.2, 0.25) is 0 Å². The fraction of sp³-hybridized carbons (Fsp3) is 0.286. The minimum absolute atomic E-state index is 0.146. The van der Waals surface area contributed by atoms with Crippen molar-refractivity contribution in [2.45, 2.75) is 20.5 Å². The summed E-state index contributed by atoms with van der Waals surface area (Å²) in [6, 6.07) is 12.1. The summed E-state index contributed by atoms with van der Waals surface area (Å²) in [7, 11) is 1.58. The Morgan fingerprint density at radius 2 is 1.83 bits per heavy atom. The molecule has 0 aliphatic rings. The van der Waals surface area contributed by atoms with Crippen molar-refractivity contribution in [1.29, 1.82) is 0 Å². The van der Waals surface area contributed by atoms with Crippen LogP contribution < -0.4 is 14.2 Å². The van der Waals surface area contributed by atoms with Crippen LogP contribution in [-0.2, 0) is 11.3 Å². The molecule has 1 aromatic heterocycles. The molecule has 0 saturated heterocycles. The predicted octanol–water partition coefficient (Wildman–Crippen LogP) is 3.90. The molecule has 8 nitrogen and oxygen atoms in total. The second kappa shape index (κ2) is 9.59. The molecular formula is C21H22N2O6. The summed E-state index contributed by atoms with van der Waals surface area (Å²) in [6.45, 7) is 4.54. The van der Waals surface area contributed by atoms with Crippen LogP contribution >= 0.6 is 0 Å². The minimum Gasteiger partial charge on any atom is -0.497 e. The van der Waals surface area contributed by atoms with Gasteiger partial charge in [-0.05, 0) is 44.2 Å². The summed E-state index contributed by atoms with van der Waals surface area (Å²) >= 11 is 0. The zero-order valence-electron chi connectivity index (χ0n) is 16.5. The standard InChI is InChI=1S/C21H22N2O6/c1-4-26-17-10-9-15(12-18(17)27-5-2)21(24)28-13-19-22-20(23-29-19)14-7-6-8-16(11-14)25-3/h6-12H,4-5,13H2,1-3H3. The average molecular weight is 398 g/mol. The Bertz CT molecular complexity index is 969. The number of benzene rings is 2. The molecule has 0 spiro atoms. The van der Waals surface area contributed by atoms with Crippen molar-refractivity contribution in [2.24, 2.45) is 0 Å². The first-order valence-corrected chi connectivity index (χ1v) is 9.18. The number of nitrogens with zero attached hydrogens (tertiary/aromatic N) is 2. The lowest BCUT2D eigenvalue weighted by atomic mass is 10.2. The van der Waals surface area contributed by atoms with Crippen molar-refractivity contribution in [3.8, 4) is 28.6 Å². The summed E-state index contributed by atoms with van der Waals surface area (Å²) in [5.74, 6) is 1.78. The van der Waals surface area contributed by atoms with Gasteiger partial charge in [0, 0.05) is 5.56 Å². The Balaban J connectivity index is 1.66. The highest BCUT2D eigenvalue weighted by Crippen LogP contribution is 2.29. The summed E-state index contributed by atoms with van der Waals surface area (Å²) < 4.78 is 26.7. The third-order valence-corrected chi connectivity index (χ3v) is 3.90. The first kappa shape index (κ1) is 20.2. The van der Waals surface area contributed by atoms with Gasteiger partial charge < -0.3 is 23.5 Å². The molecule has 0 unspecified atom stereocenters. The van der Waals surface area contributed by atoms with Crippen molar-refractivity contribution in [3.63, 3.8) is 0 Å². The molecule has 0 radical (unpaired) electrons. The van der Waals surface area contributed by atoms with Gasteiger partial charge in [0.15, 0.2) is 18.1 Å². The second-order valence-electron chi connectivity index (χ2n) is 5.85. The summed E-state index contributed by atoms with van der Waals surface area (Å²) in [4.78, 5) is 16.6. The van der Waals surface area contributed by atoms with E-state index < -0.39 is 5.97 Å². The van der Waals surface area contributed by atoms with Crippen molar-refractivity contribution in [2.75, 3.05) is 20.3 Å². The molecule has 0 fully saturated rings. The van der Waals surface area contributed by atoms with Crippen LogP contribution in [0.3, 0.4) is 0 Å². The molecule has 2 aromatic carbocycles. The average Bonchev–Trinajstić information content (AvgIpc) is 3.23. The fourth-order valence-electron chi connectivity index (χ4n) is 2.58. The number of ether oxygens (including phenoxy) is 4. The van der Waals surface area contributed by atoms with E-state index >= 15 is 0 Å². The van der Waals surface area contributed by atoms with E-state index in [9.17, 15) is 4.79 Å². The molecule has 0 saturated carbocycles. The molecule has 0 N–H and O–H groups in total. The molecule has 0 amide bonds. The molecule has 3 rings (SSSR count). The van der Waals surface area contributed by atoms with E-state index in [2.05, 4.69) is 10.1 Å². The number of methoxy groups -OCH3 is 1. The topological polar surface area (TPSA) is 92.9 Å². The Hall–Kier alpha value is -3.55. The normalized spacial score (nSPS) is 10.4. The lowest BCUT2D eigenvalue weighted by Crippen LogP contribution is -2.07. The van der Waals surface area contributed by atoms with Crippen molar-refractivity contribution in [3.05, 3.63) is 53.9 Å². The van der Waals surface area contributed by atoms with E-state index in [1.807, 2.05) is 32.0 Å². The first-order chi connectivity index (χ1) is 14.1. The largest absolute Gasteiger partial charge is 0.497 e. The van der Waals surface area contributed by atoms with E-state index in [0.29, 0.717) is 41.9 Å². The smallest absolute Gasteiger partial charge is 0.338 e. The van der Waals surface area contributed by atoms with Crippen molar-refractivity contribution >= 4 is 5.97 Å². The molecule has 152 valence electrons. The molecule has 0 aliphatic heterocycles. The first-order valence-electron chi connectivity index (χ1n) is 9.18. The Kier molecular flexibility index (Phi) is 6.67. The predicted molar refractivity (Wildman–Crippen MR) is 104 cm³/mol. The maximum Gasteiger partial charge on any atom is 0.338 e. The van der Waals surface area contributed by atoms with Gasteiger partial charge in [-0.2, -0.15) is 4.98 Å². The van der Waals surface area contributed by atoms with Crippen LogP contribution in [-0.4, -0.2) is 36.4 Å². The SMILES string of the molecule is CCOc1ccc(C(=O)OCc2nc(-c3cccc(OC)c3)no2)cc1OCC. The van der Waals surface area contributed by atoms with Gasteiger partial charge in [0.05, 0.1) is 25.9 Å². The molecular weight excluding hydrogens is 376 g/mol. The molecule has 3 aromatic rings. The van der Waals surface area contributed by atoms with Crippen molar-refractivity contribution < 1.29 is 28.3 Å². The zero-order valence-corrected chi connectivity index (χ0v) is 16.5. The highest BCUT2D eigenvalue weighted by atomic mass is 16.6. The third kappa shape index (κ3) is 5.04. The number of aromatic nitrogens is 2. The molecule has 29 heavy (non-hydrogen) atoms. The van der Waals surface area contributed by atoms with Crippen LogP contribution in [0.4, 0.5) is 0 Å².